The molecule has 4 aromatic heterocycles. The Bertz CT molecular complexity index is 1000. The molecule has 0 saturated carbocycles. The molecule has 120 valence electrons. The van der Waals surface area contributed by atoms with Crippen LogP contribution in [0, 0.1) is 6.92 Å². The Morgan fingerprint density at radius 1 is 1.29 bits per heavy atom. The lowest BCUT2D eigenvalue weighted by atomic mass is 10.3. The van der Waals surface area contributed by atoms with Crippen molar-refractivity contribution in [2.45, 2.75) is 13.5 Å². The summed E-state index contributed by atoms with van der Waals surface area (Å²) in [7, 11) is 0. The first kappa shape index (κ1) is 14.1. The number of nitrogens with one attached hydrogen (secondary N) is 1. The SMILES string of the molecule is Cc1ccn2c(C(=O)NCc3cc(-c4ccco4)on3)nnc2n1. The predicted octanol–water partition coefficient (Wildman–Crippen LogP) is 1.61. The fourth-order valence-corrected chi connectivity index (χ4v) is 2.21. The van der Waals surface area contributed by atoms with Gasteiger partial charge in [-0.25, -0.2) is 4.98 Å². The fourth-order valence-electron chi connectivity index (χ4n) is 2.21. The topological polar surface area (TPSA) is 111 Å². The minimum Gasteiger partial charge on any atom is -0.461 e. The van der Waals surface area contributed by atoms with E-state index in [-0.39, 0.29) is 18.3 Å². The number of fused-ring (bicyclic) bond motifs is 1. The molecule has 0 spiro atoms. The molecule has 0 aliphatic heterocycles. The molecular formula is C15H12N6O3. The smallest absolute Gasteiger partial charge is 0.289 e. The Labute approximate surface area is 135 Å². The molecule has 0 unspecified atom stereocenters. The van der Waals surface area contributed by atoms with Crippen molar-refractivity contribution in [2.75, 3.05) is 0 Å². The van der Waals surface area contributed by atoms with Gasteiger partial charge in [-0.1, -0.05) is 5.16 Å². The number of carbonyl (C=O) groups is 1. The van der Waals surface area contributed by atoms with Gasteiger partial charge >= 0.3 is 0 Å². The van der Waals surface area contributed by atoms with E-state index in [2.05, 4.69) is 25.7 Å². The van der Waals surface area contributed by atoms with Crippen LogP contribution in [0.25, 0.3) is 17.3 Å². The lowest BCUT2D eigenvalue weighted by Gasteiger charge is -2.01. The predicted molar refractivity (Wildman–Crippen MR) is 80.9 cm³/mol. The normalized spacial score (nSPS) is 11.0. The van der Waals surface area contributed by atoms with Crippen LogP contribution in [0.2, 0.25) is 0 Å². The van der Waals surface area contributed by atoms with Crippen LogP contribution in [-0.2, 0) is 6.54 Å². The van der Waals surface area contributed by atoms with Crippen LogP contribution >= 0.6 is 0 Å². The molecule has 0 fully saturated rings. The van der Waals surface area contributed by atoms with E-state index in [0.717, 1.165) is 5.69 Å². The molecule has 0 bridgehead atoms. The molecule has 0 aromatic carbocycles. The Hall–Kier alpha value is -3.49. The lowest BCUT2D eigenvalue weighted by molar-refractivity contribution is 0.0938. The number of rotatable bonds is 4. The molecule has 1 amide bonds. The zero-order valence-corrected chi connectivity index (χ0v) is 12.6. The van der Waals surface area contributed by atoms with E-state index in [1.165, 1.54) is 4.40 Å². The van der Waals surface area contributed by atoms with Crippen LogP contribution < -0.4 is 5.32 Å². The first-order valence-electron chi connectivity index (χ1n) is 7.17. The fraction of sp³-hybridized carbons (Fsp3) is 0.133. The van der Waals surface area contributed by atoms with Gasteiger partial charge in [0, 0.05) is 18.0 Å². The monoisotopic (exact) mass is 324 g/mol. The average Bonchev–Trinajstić information content (AvgIpc) is 3.31. The van der Waals surface area contributed by atoms with E-state index in [9.17, 15) is 4.79 Å². The minimum atomic E-state index is -0.379. The molecule has 0 atom stereocenters. The van der Waals surface area contributed by atoms with Crippen LogP contribution in [0.5, 0.6) is 0 Å². The first-order valence-corrected chi connectivity index (χ1v) is 7.17. The molecule has 9 nitrogen and oxygen atoms in total. The van der Waals surface area contributed by atoms with E-state index in [0.29, 0.717) is 23.0 Å². The molecular weight excluding hydrogens is 312 g/mol. The third kappa shape index (κ3) is 2.51. The summed E-state index contributed by atoms with van der Waals surface area (Å²) in [5.41, 5.74) is 1.37. The summed E-state index contributed by atoms with van der Waals surface area (Å²) in [6.07, 6.45) is 3.25. The van der Waals surface area contributed by atoms with Crippen molar-refractivity contribution < 1.29 is 13.7 Å². The molecule has 4 heterocycles. The van der Waals surface area contributed by atoms with E-state index in [1.54, 1.807) is 36.7 Å². The highest BCUT2D eigenvalue weighted by atomic mass is 16.5. The summed E-state index contributed by atoms with van der Waals surface area (Å²) >= 11 is 0. The van der Waals surface area contributed by atoms with Crippen molar-refractivity contribution in [1.29, 1.82) is 0 Å². The van der Waals surface area contributed by atoms with Gasteiger partial charge in [0.15, 0.2) is 5.76 Å². The van der Waals surface area contributed by atoms with Crippen LogP contribution in [-0.4, -0.2) is 30.6 Å². The van der Waals surface area contributed by atoms with Gasteiger partial charge in [0.25, 0.3) is 11.7 Å². The van der Waals surface area contributed by atoms with Gasteiger partial charge in [0.2, 0.25) is 11.6 Å². The second-order valence-electron chi connectivity index (χ2n) is 5.11. The summed E-state index contributed by atoms with van der Waals surface area (Å²) < 4.78 is 11.9. The van der Waals surface area contributed by atoms with Gasteiger partial charge in [0.05, 0.1) is 12.8 Å². The van der Waals surface area contributed by atoms with Crippen molar-refractivity contribution in [3.63, 3.8) is 0 Å². The standard InChI is InChI=1S/C15H12N6O3/c1-9-4-5-21-13(18-19-15(21)17-9)14(22)16-8-10-7-12(24-20-10)11-3-2-6-23-11/h2-7H,8H2,1H3,(H,16,22). The zero-order chi connectivity index (χ0) is 16.5. The van der Waals surface area contributed by atoms with Gasteiger partial charge in [0.1, 0.15) is 5.69 Å². The number of nitrogens with zero attached hydrogens (tertiary/aromatic N) is 5. The highest BCUT2D eigenvalue weighted by molar-refractivity contribution is 5.91. The molecule has 0 aliphatic carbocycles. The number of hydrogen-bond acceptors (Lipinski definition) is 7. The minimum absolute atomic E-state index is 0.159. The second kappa shape index (κ2) is 5.61. The Morgan fingerprint density at radius 2 is 2.21 bits per heavy atom. The lowest BCUT2D eigenvalue weighted by Crippen LogP contribution is -2.25. The number of hydrogen-bond donors (Lipinski definition) is 1. The Balaban J connectivity index is 1.48. The second-order valence-corrected chi connectivity index (χ2v) is 5.11. The van der Waals surface area contributed by atoms with Crippen LogP contribution in [0.3, 0.4) is 0 Å². The molecule has 24 heavy (non-hydrogen) atoms. The van der Waals surface area contributed by atoms with E-state index >= 15 is 0 Å². The van der Waals surface area contributed by atoms with Crippen LogP contribution in [0.4, 0.5) is 0 Å². The van der Waals surface area contributed by atoms with Crippen molar-refractivity contribution >= 4 is 11.7 Å². The number of aryl methyl sites for hydroxylation is 1. The molecule has 4 rings (SSSR count). The van der Waals surface area contributed by atoms with Crippen molar-refractivity contribution in [1.82, 2.24) is 30.1 Å². The van der Waals surface area contributed by atoms with Gasteiger partial charge in [-0.15, -0.1) is 10.2 Å². The highest BCUT2D eigenvalue weighted by Crippen LogP contribution is 2.20. The van der Waals surface area contributed by atoms with Crippen molar-refractivity contribution in [2.24, 2.45) is 0 Å². The summed E-state index contributed by atoms with van der Waals surface area (Å²) in [4.78, 5) is 16.5. The summed E-state index contributed by atoms with van der Waals surface area (Å²) in [5.74, 6) is 1.23. The molecule has 4 aromatic rings. The van der Waals surface area contributed by atoms with Crippen LogP contribution in [0.15, 0.2) is 45.7 Å². The Kier molecular flexibility index (Phi) is 3.30. The van der Waals surface area contributed by atoms with Gasteiger partial charge < -0.3 is 14.3 Å². The first-order chi connectivity index (χ1) is 11.7. The summed E-state index contributed by atoms with van der Waals surface area (Å²) in [6.45, 7) is 2.03. The number of furan rings is 1. The third-order valence-corrected chi connectivity index (χ3v) is 3.38. The molecule has 0 saturated heterocycles. The highest BCUT2D eigenvalue weighted by Gasteiger charge is 2.16. The van der Waals surface area contributed by atoms with Crippen molar-refractivity contribution in [3.05, 3.63) is 53.9 Å². The number of aromatic nitrogens is 5. The quantitative estimate of drug-likeness (QED) is 0.607. The molecule has 0 aliphatic rings. The third-order valence-electron chi connectivity index (χ3n) is 3.38. The number of carbonyl (C=O) groups excluding carboxylic acids is 1. The summed E-state index contributed by atoms with van der Waals surface area (Å²) in [5, 5.41) is 14.4. The van der Waals surface area contributed by atoms with Crippen molar-refractivity contribution in [3.8, 4) is 11.5 Å². The maximum atomic E-state index is 12.3. The summed E-state index contributed by atoms with van der Waals surface area (Å²) in [6, 6.07) is 7.00. The number of amides is 1. The van der Waals surface area contributed by atoms with E-state index in [4.69, 9.17) is 8.94 Å². The molecule has 9 heteroatoms. The van der Waals surface area contributed by atoms with E-state index < -0.39 is 0 Å². The molecule has 0 radical (unpaired) electrons. The maximum absolute atomic E-state index is 12.3. The zero-order valence-electron chi connectivity index (χ0n) is 12.6. The van der Waals surface area contributed by atoms with E-state index in [1.807, 2.05) is 6.92 Å². The van der Waals surface area contributed by atoms with Gasteiger partial charge in [-0.3, -0.25) is 9.20 Å². The van der Waals surface area contributed by atoms with Gasteiger partial charge in [-0.05, 0) is 25.1 Å². The Morgan fingerprint density at radius 3 is 3.04 bits per heavy atom. The largest absolute Gasteiger partial charge is 0.461 e. The molecule has 1 N–H and O–H groups in total. The van der Waals surface area contributed by atoms with Gasteiger partial charge in [-0.2, -0.15) is 0 Å². The van der Waals surface area contributed by atoms with Crippen LogP contribution in [0.1, 0.15) is 22.0 Å². The average molecular weight is 324 g/mol. The maximum Gasteiger partial charge on any atom is 0.289 e.